The van der Waals surface area contributed by atoms with E-state index in [1.807, 2.05) is 51.2 Å². The summed E-state index contributed by atoms with van der Waals surface area (Å²) in [6.07, 6.45) is 3.53. The average Bonchev–Trinajstić information content (AvgIpc) is 3.12. The van der Waals surface area contributed by atoms with Crippen molar-refractivity contribution in [2.24, 2.45) is 0 Å². The van der Waals surface area contributed by atoms with Crippen LogP contribution in [0.15, 0.2) is 54.9 Å². The monoisotopic (exact) mass is 412 g/mol. The number of carbonyl (C=O) groups is 1. The number of fused-ring (bicyclic) bond motifs is 1. The molecule has 0 aliphatic heterocycles. The smallest absolute Gasteiger partial charge is 0.253 e. The predicted octanol–water partition coefficient (Wildman–Crippen LogP) is 5.64. The molecule has 0 aliphatic rings. The number of rotatable bonds is 5. The molecule has 4 aromatic rings. The maximum absolute atomic E-state index is 13.1. The molecule has 0 bridgehead atoms. The van der Waals surface area contributed by atoms with Crippen LogP contribution in [-0.4, -0.2) is 32.8 Å². The molecule has 5 nitrogen and oxygen atoms in total. The lowest BCUT2D eigenvalue weighted by Gasteiger charge is -2.17. The van der Waals surface area contributed by atoms with Crippen LogP contribution < -0.4 is 0 Å². The summed E-state index contributed by atoms with van der Waals surface area (Å²) in [5.41, 5.74) is 8.19. The van der Waals surface area contributed by atoms with Crippen molar-refractivity contribution in [3.8, 4) is 11.3 Å². The predicted molar refractivity (Wildman–Crippen MR) is 125 cm³/mol. The van der Waals surface area contributed by atoms with E-state index in [1.54, 1.807) is 17.3 Å². The van der Waals surface area contributed by atoms with Gasteiger partial charge in [0, 0.05) is 59.4 Å². The first kappa shape index (κ1) is 20.8. The van der Waals surface area contributed by atoms with Crippen molar-refractivity contribution in [3.05, 3.63) is 82.9 Å². The Morgan fingerprint density at radius 3 is 2.48 bits per heavy atom. The highest BCUT2D eigenvalue weighted by Gasteiger charge is 2.19. The fourth-order valence-corrected chi connectivity index (χ4v) is 4.21. The Balaban J connectivity index is 1.74. The normalized spacial score (nSPS) is 11.3. The van der Waals surface area contributed by atoms with Crippen LogP contribution in [-0.2, 0) is 6.54 Å². The molecule has 158 valence electrons. The molecule has 0 aliphatic carbocycles. The lowest BCUT2D eigenvalue weighted by molar-refractivity contribution is 0.0785. The van der Waals surface area contributed by atoms with Crippen LogP contribution in [0.25, 0.3) is 22.2 Å². The van der Waals surface area contributed by atoms with Gasteiger partial charge < -0.3 is 9.88 Å². The summed E-state index contributed by atoms with van der Waals surface area (Å²) in [6, 6.07) is 14.0. The maximum Gasteiger partial charge on any atom is 0.253 e. The number of hydrogen-bond donors (Lipinski definition) is 1. The zero-order valence-corrected chi connectivity index (χ0v) is 18.7. The maximum atomic E-state index is 13.1. The summed E-state index contributed by atoms with van der Waals surface area (Å²) in [5, 5.41) is 1.10. The van der Waals surface area contributed by atoms with E-state index < -0.39 is 0 Å². The van der Waals surface area contributed by atoms with Gasteiger partial charge in [-0.3, -0.25) is 14.8 Å². The van der Waals surface area contributed by atoms with Gasteiger partial charge in [0.25, 0.3) is 5.91 Å². The summed E-state index contributed by atoms with van der Waals surface area (Å²) in [7, 11) is 1.83. The zero-order valence-electron chi connectivity index (χ0n) is 18.7. The second-order valence-corrected chi connectivity index (χ2v) is 8.49. The molecule has 5 heteroatoms. The Hall–Kier alpha value is -3.47. The van der Waals surface area contributed by atoms with Crippen LogP contribution in [0, 0.1) is 13.8 Å². The van der Waals surface area contributed by atoms with E-state index in [9.17, 15) is 4.79 Å². The summed E-state index contributed by atoms with van der Waals surface area (Å²) in [4.78, 5) is 27.1. The van der Waals surface area contributed by atoms with Crippen molar-refractivity contribution in [1.82, 2.24) is 19.9 Å². The van der Waals surface area contributed by atoms with Gasteiger partial charge in [0.05, 0.1) is 5.69 Å². The Labute approximate surface area is 183 Å². The van der Waals surface area contributed by atoms with Crippen LogP contribution >= 0.6 is 0 Å². The van der Waals surface area contributed by atoms with Crippen molar-refractivity contribution in [2.45, 2.75) is 40.2 Å². The van der Waals surface area contributed by atoms with Crippen LogP contribution in [0.2, 0.25) is 0 Å². The highest BCUT2D eigenvalue weighted by atomic mass is 16.2. The van der Waals surface area contributed by atoms with Gasteiger partial charge in [-0.1, -0.05) is 19.9 Å². The van der Waals surface area contributed by atoms with Gasteiger partial charge in [0.2, 0.25) is 0 Å². The third-order valence-electron chi connectivity index (χ3n) is 5.52. The molecular formula is C26H28N4O. The van der Waals surface area contributed by atoms with Crippen molar-refractivity contribution < 1.29 is 4.79 Å². The van der Waals surface area contributed by atoms with E-state index >= 15 is 0 Å². The lowest BCUT2D eigenvalue weighted by Crippen LogP contribution is -2.26. The van der Waals surface area contributed by atoms with Gasteiger partial charge in [0.1, 0.15) is 0 Å². The van der Waals surface area contributed by atoms with Gasteiger partial charge in [-0.25, -0.2) is 0 Å². The highest BCUT2D eigenvalue weighted by Crippen LogP contribution is 2.36. The van der Waals surface area contributed by atoms with Crippen molar-refractivity contribution in [3.63, 3.8) is 0 Å². The minimum absolute atomic E-state index is 0.00110. The van der Waals surface area contributed by atoms with Gasteiger partial charge in [0.15, 0.2) is 0 Å². The van der Waals surface area contributed by atoms with Crippen LogP contribution in [0.3, 0.4) is 0 Å². The number of carbonyl (C=O) groups excluding carboxylic acids is 1. The van der Waals surface area contributed by atoms with Crippen molar-refractivity contribution in [2.75, 3.05) is 7.05 Å². The van der Waals surface area contributed by atoms with E-state index in [0.717, 1.165) is 39.1 Å². The third kappa shape index (κ3) is 4.22. The van der Waals surface area contributed by atoms with E-state index in [4.69, 9.17) is 0 Å². The molecule has 3 heterocycles. The number of pyridine rings is 2. The molecule has 1 N–H and O–H groups in total. The first-order valence-electron chi connectivity index (χ1n) is 10.6. The Morgan fingerprint density at radius 2 is 1.84 bits per heavy atom. The number of aromatic nitrogens is 3. The number of amides is 1. The number of benzene rings is 1. The number of nitrogens with one attached hydrogen (secondary N) is 1. The standard InChI is InChI=1S/C26H28N4O/c1-16(2)24-22-13-20(26(31)30(5)15-19-7-6-10-27-14-19)8-9-23(22)29-25(24)21-11-17(3)28-18(4)12-21/h6-14,16,29H,15H2,1-5H3. The molecule has 3 aromatic heterocycles. The topological polar surface area (TPSA) is 61.9 Å². The number of aromatic amines is 1. The SMILES string of the molecule is Cc1cc(-c2[nH]c3ccc(C(=O)N(C)Cc4cccnc4)cc3c2C(C)C)cc(C)n1. The summed E-state index contributed by atoms with van der Waals surface area (Å²) in [6.45, 7) is 8.94. The average molecular weight is 413 g/mol. The number of hydrogen-bond acceptors (Lipinski definition) is 3. The Morgan fingerprint density at radius 1 is 1.10 bits per heavy atom. The minimum Gasteiger partial charge on any atom is -0.354 e. The van der Waals surface area contributed by atoms with Crippen LogP contribution in [0.4, 0.5) is 0 Å². The molecule has 31 heavy (non-hydrogen) atoms. The number of aryl methyl sites for hydroxylation is 2. The molecule has 0 atom stereocenters. The van der Waals surface area contributed by atoms with Crippen molar-refractivity contribution in [1.29, 1.82) is 0 Å². The number of H-pyrrole nitrogens is 1. The molecule has 0 saturated carbocycles. The third-order valence-corrected chi connectivity index (χ3v) is 5.52. The fraction of sp³-hybridized carbons (Fsp3) is 0.269. The molecule has 4 rings (SSSR count). The van der Waals surface area contributed by atoms with E-state index in [-0.39, 0.29) is 5.91 Å². The summed E-state index contributed by atoms with van der Waals surface area (Å²) < 4.78 is 0. The quantitative estimate of drug-likeness (QED) is 0.462. The van der Waals surface area contributed by atoms with Gasteiger partial charge in [-0.2, -0.15) is 0 Å². The largest absolute Gasteiger partial charge is 0.354 e. The van der Waals surface area contributed by atoms with Crippen LogP contribution in [0.5, 0.6) is 0 Å². The molecule has 0 unspecified atom stereocenters. The van der Waals surface area contributed by atoms with Gasteiger partial charge in [-0.05, 0) is 67.3 Å². The highest BCUT2D eigenvalue weighted by molar-refractivity contribution is 6.00. The molecule has 0 radical (unpaired) electrons. The van der Waals surface area contributed by atoms with Gasteiger partial charge in [-0.15, -0.1) is 0 Å². The fourth-order valence-electron chi connectivity index (χ4n) is 4.21. The second kappa shape index (κ2) is 8.34. The first-order chi connectivity index (χ1) is 14.8. The van der Waals surface area contributed by atoms with E-state index in [1.165, 1.54) is 5.56 Å². The van der Waals surface area contributed by atoms with Gasteiger partial charge >= 0.3 is 0 Å². The van der Waals surface area contributed by atoms with Crippen molar-refractivity contribution >= 4 is 16.8 Å². The molecule has 0 saturated heterocycles. The first-order valence-corrected chi connectivity index (χ1v) is 10.6. The lowest BCUT2D eigenvalue weighted by atomic mass is 9.95. The molecule has 0 spiro atoms. The Bertz CT molecular complexity index is 1220. The van der Waals surface area contributed by atoms with E-state index in [2.05, 4.69) is 40.9 Å². The number of nitrogens with zero attached hydrogens (tertiary/aromatic N) is 3. The minimum atomic E-state index is -0.00110. The second-order valence-electron chi connectivity index (χ2n) is 8.49. The Kier molecular flexibility index (Phi) is 5.59. The molecular weight excluding hydrogens is 384 g/mol. The summed E-state index contributed by atoms with van der Waals surface area (Å²) >= 11 is 0. The van der Waals surface area contributed by atoms with E-state index in [0.29, 0.717) is 18.0 Å². The zero-order chi connectivity index (χ0) is 22.1. The molecule has 0 fully saturated rings. The molecule has 1 amide bonds. The summed E-state index contributed by atoms with van der Waals surface area (Å²) in [5.74, 6) is 0.301. The molecule has 1 aromatic carbocycles. The van der Waals surface area contributed by atoms with Crippen LogP contribution in [0.1, 0.15) is 52.6 Å².